The average Bonchev–Trinajstić information content (AvgIpc) is 2.51. The number of alkyl halides is 3. The van der Waals surface area contributed by atoms with Crippen LogP contribution in [0.15, 0.2) is 0 Å². The molecule has 0 aromatic heterocycles. The van der Waals surface area contributed by atoms with E-state index in [0.717, 1.165) is 0 Å². The van der Waals surface area contributed by atoms with Crippen LogP contribution in [-0.2, 0) is 0 Å². The Hall–Kier alpha value is 0.680. The summed E-state index contributed by atoms with van der Waals surface area (Å²) in [6.45, 7) is -0.723. The largest absolute Gasteiger partial charge is 0.315 e. The monoisotopic (exact) mass is 366 g/mol. The summed E-state index contributed by atoms with van der Waals surface area (Å²) >= 11 is 11.7. The summed E-state index contributed by atoms with van der Waals surface area (Å²) < 4.78 is 42.8. The zero-order chi connectivity index (χ0) is 16.6. The first-order valence-corrected chi connectivity index (χ1v) is 8.34. The van der Waals surface area contributed by atoms with Crippen molar-refractivity contribution in [3.8, 4) is 0 Å². The Balaban J connectivity index is 4.59. The van der Waals surface area contributed by atoms with Gasteiger partial charge in [0.15, 0.2) is 17.4 Å². The minimum atomic E-state index is -2.06. The van der Waals surface area contributed by atoms with Gasteiger partial charge in [0.2, 0.25) is 0 Å². The van der Waals surface area contributed by atoms with Crippen molar-refractivity contribution >= 4 is 37.9 Å². The van der Waals surface area contributed by atoms with Crippen molar-refractivity contribution in [3.05, 3.63) is 0 Å². The maximum absolute atomic E-state index is 14.5. The number of hydrogen-bond acceptors (Lipinski definition) is 7. The summed E-state index contributed by atoms with van der Waals surface area (Å²) in [5, 5.41) is 9.95. The van der Waals surface area contributed by atoms with Gasteiger partial charge in [0, 0.05) is 36.9 Å². The second kappa shape index (κ2) is 9.74. The molecule has 21 heavy (non-hydrogen) atoms. The third-order valence-electron chi connectivity index (χ3n) is 3.03. The fourth-order valence-electron chi connectivity index (χ4n) is 1.45. The van der Waals surface area contributed by atoms with Gasteiger partial charge in [-0.05, 0) is 14.1 Å². The Labute approximate surface area is 141 Å². The molecule has 3 atom stereocenters. The van der Waals surface area contributed by atoms with Crippen LogP contribution in [0.25, 0.3) is 0 Å². The number of thiol groups is 3. The fraction of sp³-hybridized carbons (Fsp3) is 1.00. The minimum Gasteiger partial charge on any atom is -0.315 e. The van der Waals surface area contributed by atoms with Crippen molar-refractivity contribution in [2.75, 3.05) is 51.0 Å². The fourth-order valence-corrected chi connectivity index (χ4v) is 2.17. The molecular formula is C11H25F3N4S3. The van der Waals surface area contributed by atoms with Gasteiger partial charge in [0.1, 0.15) is 0 Å². The number of likely N-dealkylation sites (N-methyl/N-ethyl adjacent to an activating group) is 2. The highest BCUT2D eigenvalue weighted by molar-refractivity contribution is 7.80. The van der Waals surface area contributed by atoms with Crippen LogP contribution in [0.5, 0.6) is 0 Å². The molecule has 0 aromatic rings. The molecule has 0 bridgehead atoms. The van der Waals surface area contributed by atoms with Crippen LogP contribution in [0.3, 0.4) is 0 Å². The molecule has 0 fully saturated rings. The maximum Gasteiger partial charge on any atom is 0.183 e. The third-order valence-corrected chi connectivity index (χ3v) is 4.53. The molecule has 0 spiro atoms. The van der Waals surface area contributed by atoms with Crippen LogP contribution in [0.4, 0.5) is 13.2 Å². The Bertz CT molecular complexity index is 300. The molecule has 0 amide bonds. The predicted octanol–water partition coefficient (Wildman–Crippen LogP) is 0.391. The summed E-state index contributed by atoms with van der Waals surface area (Å²) in [4.78, 5) is 0. The molecular weight excluding hydrogens is 341 g/mol. The first-order chi connectivity index (χ1) is 9.72. The second-order valence-corrected chi connectivity index (χ2v) is 5.81. The van der Waals surface area contributed by atoms with Crippen molar-refractivity contribution in [2.45, 2.75) is 17.4 Å². The topological polar surface area (TPSA) is 48.1 Å². The quantitative estimate of drug-likeness (QED) is 0.202. The summed E-state index contributed by atoms with van der Waals surface area (Å²) in [6, 6.07) is 0. The van der Waals surface area contributed by atoms with E-state index in [0.29, 0.717) is 0 Å². The number of rotatable bonds is 12. The van der Waals surface area contributed by atoms with Gasteiger partial charge in [-0.1, -0.05) is 0 Å². The van der Waals surface area contributed by atoms with E-state index in [1.54, 1.807) is 7.05 Å². The molecule has 0 aliphatic rings. The summed E-state index contributed by atoms with van der Waals surface area (Å²) in [5.74, 6) is -6.28. The lowest BCUT2D eigenvalue weighted by atomic mass is 10.2. The highest BCUT2D eigenvalue weighted by atomic mass is 32.1. The van der Waals surface area contributed by atoms with Gasteiger partial charge in [0.05, 0.1) is 0 Å². The van der Waals surface area contributed by atoms with Crippen molar-refractivity contribution in [1.82, 2.24) is 21.3 Å². The minimum absolute atomic E-state index is 0.0284. The van der Waals surface area contributed by atoms with E-state index in [4.69, 9.17) is 0 Å². The van der Waals surface area contributed by atoms with Crippen LogP contribution >= 0.6 is 37.9 Å². The molecule has 128 valence electrons. The van der Waals surface area contributed by atoms with E-state index < -0.39 is 17.4 Å². The standard InChI is InChI=1S/C11H25F3N4S3/c1-15-3-10(13,7-20)18-5-11(14,8-21)17-4-9(12,6-19)16-2/h15-21H,3-8H2,1-2H3/t9-,10?,11-/m1/s1. The summed E-state index contributed by atoms with van der Waals surface area (Å²) in [5.41, 5.74) is 0. The molecule has 0 heterocycles. The SMILES string of the molecule is CNCC(F)(CS)NC[C@](F)(CS)NC[C@](F)(CS)NC. The molecule has 0 saturated heterocycles. The number of nitrogens with one attached hydrogen (secondary N) is 4. The van der Waals surface area contributed by atoms with Crippen LogP contribution in [0, 0.1) is 0 Å². The van der Waals surface area contributed by atoms with E-state index >= 15 is 0 Å². The van der Waals surface area contributed by atoms with E-state index in [2.05, 4.69) is 59.2 Å². The Morgan fingerprint density at radius 1 is 0.714 bits per heavy atom. The van der Waals surface area contributed by atoms with E-state index in [1.165, 1.54) is 7.05 Å². The Morgan fingerprint density at radius 2 is 1.10 bits per heavy atom. The second-order valence-electron chi connectivity index (χ2n) is 4.86. The first kappa shape index (κ1) is 21.7. The highest BCUT2D eigenvalue weighted by Crippen LogP contribution is 2.15. The van der Waals surface area contributed by atoms with Crippen molar-refractivity contribution < 1.29 is 13.2 Å². The van der Waals surface area contributed by atoms with E-state index in [1.807, 2.05) is 0 Å². The van der Waals surface area contributed by atoms with Crippen molar-refractivity contribution in [1.29, 1.82) is 0 Å². The number of hydrogen-bond donors (Lipinski definition) is 7. The van der Waals surface area contributed by atoms with Gasteiger partial charge < -0.3 is 5.32 Å². The van der Waals surface area contributed by atoms with Gasteiger partial charge >= 0.3 is 0 Å². The number of halogens is 3. The third kappa shape index (κ3) is 7.67. The lowest BCUT2D eigenvalue weighted by Crippen LogP contribution is -2.61. The van der Waals surface area contributed by atoms with E-state index in [-0.39, 0.29) is 36.9 Å². The Kier molecular flexibility index (Phi) is 10.1. The predicted molar refractivity (Wildman–Crippen MR) is 92.1 cm³/mol. The van der Waals surface area contributed by atoms with Gasteiger partial charge in [-0.25, -0.2) is 13.2 Å². The molecule has 10 heteroatoms. The molecule has 0 aromatic carbocycles. The molecule has 1 unspecified atom stereocenters. The van der Waals surface area contributed by atoms with Crippen LogP contribution in [0.2, 0.25) is 0 Å². The van der Waals surface area contributed by atoms with Crippen molar-refractivity contribution in [2.24, 2.45) is 0 Å². The van der Waals surface area contributed by atoms with Crippen LogP contribution in [0.1, 0.15) is 0 Å². The molecule has 0 radical (unpaired) electrons. The zero-order valence-corrected chi connectivity index (χ0v) is 14.9. The van der Waals surface area contributed by atoms with Crippen molar-refractivity contribution in [3.63, 3.8) is 0 Å². The van der Waals surface area contributed by atoms with Gasteiger partial charge in [-0.2, -0.15) is 37.9 Å². The van der Waals surface area contributed by atoms with Gasteiger partial charge in [0.25, 0.3) is 0 Å². The maximum atomic E-state index is 14.5. The van der Waals surface area contributed by atoms with Crippen LogP contribution in [-0.4, -0.2) is 68.4 Å². The molecule has 4 nitrogen and oxygen atoms in total. The van der Waals surface area contributed by atoms with E-state index in [9.17, 15) is 13.2 Å². The normalized spacial score (nSPS) is 20.6. The van der Waals surface area contributed by atoms with Crippen LogP contribution < -0.4 is 21.3 Å². The van der Waals surface area contributed by atoms with Gasteiger partial charge in [-0.3, -0.25) is 16.0 Å². The van der Waals surface area contributed by atoms with Gasteiger partial charge in [-0.15, -0.1) is 0 Å². The molecule has 0 aliphatic carbocycles. The smallest absolute Gasteiger partial charge is 0.183 e. The Morgan fingerprint density at radius 3 is 1.43 bits per heavy atom. The molecule has 0 rings (SSSR count). The first-order valence-electron chi connectivity index (χ1n) is 6.45. The lowest BCUT2D eigenvalue weighted by Gasteiger charge is -2.33. The molecule has 0 aliphatic heterocycles. The molecule has 4 N–H and O–H groups in total. The lowest BCUT2D eigenvalue weighted by molar-refractivity contribution is 0.0593. The zero-order valence-electron chi connectivity index (χ0n) is 12.2. The molecule has 0 saturated carbocycles. The summed E-state index contributed by atoms with van der Waals surface area (Å²) in [7, 11) is 2.99. The highest BCUT2D eigenvalue weighted by Gasteiger charge is 2.36. The summed E-state index contributed by atoms with van der Waals surface area (Å²) in [6.07, 6.45) is 0. The average molecular weight is 367 g/mol.